The Hall–Kier alpha value is -2.81. The van der Waals surface area contributed by atoms with Gasteiger partial charge < -0.3 is 14.8 Å². The van der Waals surface area contributed by atoms with Crippen LogP contribution in [0, 0.1) is 6.92 Å². The van der Waals surface area contributed by atoms with Crippen molar-refractivity contribution < 1.29 is 32.2 Å². The topological polar surface area (TPSA) is 77.5 Å². The minimum absolute atomic E-state index is 0.184. The van der Waals surface area contributed by atoms with Gasteiger partial charge in [-0.05, 0) is 36.1 Å². The van der Waals surface area contributed by atoms with E-state index in [1.165, 1.54) is 0 Å². The van der Waals surface area contributed by atoms with Crippen molar-refractivity contribution in [3.8, 4) is 5.75 Å². The highest BCUT2D eigenvalue weighted by Crippen LogP contribution is 2.32. The Kier molecular flexibility index (Phi) is 7.66. The van der Waals surface area contributed by atoms with Crippen LogP contribution in [0.5, 0.6) is 5.75 Å². The smallest absolute Gasteiger partial charge is 0.417 e. The highest BCUT2D eigenvalue weighted by Gasteiger charge is 2.31. The van der Waals surface area contributed by atoms with E-state index in [9.17, 15) is 22.8 Å². The molecule has 0 aliphatic heterocycles. The highest BCUT2D eigenvalue weighted by atomic mass is 35.5. The first-order valence-corrected chi connectivity index (χ1v) is 9.26. The summed E-state index contributed by atoms with van der Waals surface area (Å²) in [5.74, 6) is -1.14. The predicted molar refractivity (Wildman–Crippen MR) is 105 cm³/mol. The van der Waals surface area contributed by atoms with Crippen molar-refractivity contribution in [2.24, 2.45) is 0 Å². The third-order valence-corrected chi connectivity index (χ3v) is 4.22. The van der Waals surface area contributed by atoms with Crippen molar-refractivity contribution >= 4 is 29.3 Å². The molecule has 0 bridgehead atoms. The second-order valence-electron chi connectivity index (χ2n) is 6.75. The van der Waals surface area contributed by atoms with Gasteiger partial charge >= 0.3 is 12.1 Å². The Morgan fingerprint density at radius 3 is 2.50 bits per heavy atom. The number of carbonyl (C=O) groups is 2. The molecule has 0 atom stereocenters. The van der Waals surface area contributed by atoms with E-state index in [1.807, 2.05) is 32.9 Å². The molecule has 1 aromatic carbocycles. The minimum Gasteiger partial charge on any atom is -0.482 e. The molecule has 162 valence electrons. The summed E-state index contributed by atoms with van der Waals surface area (Å²) in [5, 5.41) is 1.79. The first-order valence-electron chi connectivity index (χ1n) is 8.89. The van der Waals surface area contributed by atoms with E-state index >= 15 is 0 Å². The predicted octanol–water partition coefficient (Wildman–Crippen LogP) is 4.75. The van der Waals surface area contributed by atoms with Crippen molar-refractivity contribution in [2.75, 3.05) is 18.5 Å². The van der Waals surface area contributed by atoms with Crippen LogP contribution in [0.2, 0.25) is 5.02 Å². The molecule has 2 aromatic rings. The number of benzene rings is 1. The van der Waals surface area contributed by atoms with Crippen LogP contribution >= 0.6 is 11.6 Å². The maximum absolute atomic E-state index is 12.6. The lowest BCUT2D eigenvalue weighted by atomic mass is 10.0. The van der Waals surface area contributed by atoms with E-state index in [-0.39, 0.29) is 11.7 Å². The molecular weight excluding hydrogens is 425 g/mol. The number of ether oxygens (including phenoxy) is 2. The van der Waals surface area contributed by atoms with Crippen LogP contribution in [-0.4, -0.2) is 30.1 Å². The molecule has 1 aromatic heterocycles. The normalized spacial score (nSPS) is 11.3. The second kappa shape index (κ2) is 9.80. The van der Waals surface area contributed by atoms with Crippen molar-refractivity contribution in [3.63, 3.8) is 0 Å². The Labute approximate surface area is 176 Å². The molecule has 10 heteroatoms. The summed E-state index contributed by atoms with van der Waals surface area (Å²) >= 11 is 5.71. The average Bonchev–Trinajstić information content (AvgIpc) is 2.65. The zero-order valence-electron chi connectivity index (χ0n) is 16.5. The number of alkyl halides is 3. The lowest BCUT2D eigenvalue weighted by molar-refractivity contribution is -0.149. The number of amides is 1. The molecular formula is C20H20ClF3N2O4. The Bertz CT molecular complexity index is 933. The van der Waals surface area contributed by atoms with E-state index in [0.29, 0.717) is 18.0 Å². The summed E-state index contributed by atoms with van der Waals surface area (Å²) in [5.41, 5.74) is 0.836. The van der Waals surface area contributed by atoms with E-state index < -0.39 is 41.9 Å². The molecule has 1 heterocycles. The van der Waals surface area contributed by atoms with Gasteiger partial charge in [-0.3, -0.25) is 4.79 Å². The van der Waals surface area contributed by atoms with E-state index in [1.54, 1.807) is 6.07 Å². The summed E-state index contributed by atoms with van der Waals surface area (Å²) in [7, 11) is 0. The minimum atomic E-state index is -4.61. The molecule has 0 radical (unpaired) electrons. The highest BCUT2D eigenvalue weighted by molar-refractivity contribution is 6.33. The first kappa shape index (κ1) is 23.5. The summed E-state index contributed by atoms with van der Waals surface area (Å²) in [6, 6.07) is 6.28. The lowest BCUT2D eigenvalue weighted by Crippen LogP contribution is -2.24. The largest absolute Gasteiger partial charge is 0.482 e. The van der Waals surface area contributed by atoms with Gasteiger partial charge in [-0.15, -0.1) is 0 Å². The molecule has 1 N–H and O–H groups in total. The third-order valence-electron chi connectivity index (χ3n) is 3.93. The van der Waals surface area contributed by atoms with Gasteiger partial charge in [-0.25, -0.2) is 9.78 Å². The maximum Gasteiger partial charge on any atom is 0.417 e. The van der Waals surface area contributed by atoms with Crippen LogP contribution in [-0.2, 0) is 20.5 Å². The number of hydrogen-bond donors (Lipinski definition) is 1. The fourth-order valence-electron chi connectivity index (χ4n) is 2.42. The Balaban J connectivity index is 1.87. The van der Waals surface area contributed by atoms with Gasteiger partial charge in [0.1, 0.15) is 5.75 Å². The molecule has 6 nitrogen and oxygen atoms in total. The van der Waals surface area contributed by atoms with Gasteiger partial charge in [-0.2, -0.15) is 13.2 Å². The van der Waals surface area contributed by atoms with E-state index in [4.69, 9.17) is 21.1 Å². The maximum atomic E-state index is 12.6. The summed E-state index contributed by atoms with van der Waals surface area (Å²) in [6.45, 7) is 4.78. The van der Waals surface area contributed by atoms with Crippen molar-refractivity contribution in [1.82, 2.24) is 4.98 Å². The molecule has 30 heavy (non-hydrogen) atoms. The van der Waals surface area contributed by atoms with Gasteiger partial charge in [0.15, 0.2) is 19.0 Å². The molecule has 0 saturated carbocycles. The van der Waals surface area contributed by atoms with Crippen molar-refractivity contribution in [1.29, 1.82) is 0 Å². The van der Waals surface area contributed by atoms with Crippen molar-refractivity contribution in [2.45, 2.75) is 32.9 Å². The summed E-state index contributed by atoms with van der Waals surface area (Å²) < 4.78 is 48.1. The number of aromatic nitrogens is 1. The molecule has 0 spiro atoms. The molecule has 0 fully saturated rings. The zero-order chi connectivity index (χ0) is 22.5. The number of esters is 1. The van der Waals surface area contributed by atoms with Crippen LogP contribution in [0.1, 0.15) is 36.5 Å². The Morgan fingerprint density at radius 1 is 1.20 bits per heavy atom. The number of anilines is 1. The van der Waals surface area contributed by atoms with Crippen LogP contribution in [0.3, 0.4) is 0 Å². The number of halogens is 4. The van der Waals surface area contributed by atoms with Crippen LogP contribution in [0.4, 0.5) is 19.0 Å². The molecule has 2 rings (SSSR count). The van der Waals surface area contributed by atoms with E-state index in [2.05, 4.69) is 10.3 Å². The second-order valence-corrected chi connectivity index (χ2v) is 7.15. The molecule has 0 aliphatic rings. The fraction of sp³-hybridized carbons (Fsp3) is 0.350. The van der Waals surface area contributed by atoms with Gasteiger partial charge in [-0.1, -0.05) is 37.6 Å². The summed E-state index contributed by atoms with van der Waals surface area (Å²) in [4.78, 5) is 27.2. The number of pyridine rings is 1. The number of rotatable bonds is 7. The van der Waals surface area contributed by atoms with Gasteiger partial charge in [0.2, 0.25) is 0 Å². The van der Waals surface area contributed by atoms with Crippen molar-refractivity contribution in [3.05, 3.63) is 52.2 Å². The number of nitrogens with one attached hydrogen (secondary N) is 1. The number of carbonyl (C=O) groups excluding carboxylic acids is 2. The quantitative estimate of drug-likeness (QED) is 0.624. The van der Waals surface area contributed by atoms with Gasteiger partial charge in [0, 0.05) is 6.20 Å². The molecule has 0 unspecified atom stereocenters. The molecule has 1 amide bonds. The van der Waals surface area contributed by atoms with Crippen LogP contribution in [0.25, 0.3) is 0 Å². The number of nitrogens with zero attached hydrogens (tertiary/aromatic N) is 1. The number of aryl methyl sites for hydroxylation is 1. The SMILES string of the molecule is Cc1ccc(C(C)C)c(OCC(=O)OCC(=O)Nc2ncc(C(F)(F)F)cc2Cl)c1. The van der Waals surface area contributed by atoms with Gasteiger partial charge in [0.05, 0.1) is 10.6 Å². The van der Waals surface area contributed by atoms with Crippen LogP contribution < -0.4 is 10.1 Å². The number of hydrogen-bond acceptors (Lipinski definition) is 5. The third kappa shape index (κ3) is 6.62. The monoisotopic (exact) mass is 444 g/mol. The summed E-state index contributed by atoms with van der Waals surface area (Å²) in [6.07, 6.45) is -4.07. The first-order chi connectivity index (χ1) is 14.0. The van der Waals surface area contributed by atoms with E-state index in [0.717, 1.165) is 11.1 Å². The average molecular weight is 445 g/mol. The van der Waals surface area contributed by atoms with Crippen LogP contribution in [0.15, 0.2) is 30.5 Å². The Morgan fingerprint density at radius 2 is 1.90 bits per heavy atom. The standard InChI is InChI=1S/C20H20ClF3N2O4/c1-11(2)14-5-4-12(3)6-16(14)29-10-18(28)30-9-17(27)26-19-15(21)7-13(8-25-19)20(22,23)24/h4-8,11H,9-10H2,1-3H3,(H,25,26,27). The fourth-order valence-corrected chi connectivity index (χ4v) is 2.63. The van der Waals surface area contributed by atoms with Gasteiger partial charge in [0.25, 0.3) is 5.91 Å². The molecule has 0 aliphatic carbocycles. The molecule has 0 saturated heterocycles. The zero-order valence-corrected chi connectivity index (χ0v) is 17.2. The lowest BCUT2D eigenvalue weighted by Gasteiger charge is -2.14.